The van der Waals surface area contributed by atoms with Gasteiger partial charge in [0.2, 0.25) is 0 Å². The molecule has 0 spiro atoms. The summed E-state index contributed by atoms with van der Waals surface area (Å²) in [7, 11) is 0. The van der Waals surface area contributed by atoms with Crippen LogP contribution in [0.5, 0.6) is 11.5 Å². The molecule has 0 radical (unpaired) electrons. The Morgan fingerprint density at radius 1 is 1.07 bits per heavy atom. The van der Waals surface area contributed by atoms with Crippen molar-refractivity contribution >= 4 is 5.97 Å². The molecule has 1 saturated carbocycles. The summed E-state index contributed by atoms with van der Waals surface area (Å²) in [6, 6.07) is 9.45. The van der Waals surface area contributed by atoms with Crippen LogP contribution in [0.1, 0.15) is 48.5 Å². The normalized spacial score (nSPS) is 18.9. The highest BCUT2D eigenvalue weighted by Gasteiger charge is 2.19. The number of nitriles is 1. The van der Waals surface area contributed by atoms with E-state index in [1.165, 1.54) is 43.9 Å². The molecule has 1 aliphatic rings. The van der Waals surface area contributed by atoms with Gasteiger partial charge in [-0.2, -0.15) is 5.26 Å². The van der Waals surface area contributed by atoms with Crippen LogP contribution in [0.2, 0.25) is 0 Å². The third-order valence-electron chi connectivity index (χ3n) is 5.05. The molecule has 28 heavy (non-hydrogen) atoms. The molecule has 0 bridgehead atoms. The van der Waals surface area contributed by atoms with Gasteiger partial charge in [-0.3, -0.25) is 0 Å². The first-order valence-corrected chi connectivity index (χ1v) is 9.30. The number of benzene rings is 2. The molecule has 1 fully saturated rings. The van der Waals surface area contributed by atoms with Gasteiger partial charge in [0.1, 0.15) is 34.8 Å². The fourth-order valence-corrected chi connectivity index (χ4v) is 3.28. The topological polar surface area (TPSA) is 59.3 Å². The van der Waals surface area contributed by atoms with Crippen molar-refractivity contribution in [2.24, 2.45) is 11.8 Å². The average Bonchev–Trinajstić information content (AvgIpc) is 2.68. The number of carbonyl (C=O) groups is 1. The number of hydrogen-bond donors (Lipinski definition) is 0. The molecule has 0 N–H and O–H groups in total. The lowest BCUT2D eigenvalue weighted by Gasteiger charge is -2.26. The van der Waals surface area contributed by atoms with Crippen LogP contribution in [-0.2, 0) is 0 Å². The van der Waals surface area contributed by atoms with Crippen LogP contribution in [0.15, 0.2) is 36.4 Å². The van der Waals surface area contributed by atoms with Gasteiger partial charge in [0, 0.05) is 12.1 Å². The monoisotopic (exact) mass is 385 g/mol. The van der Waals surface area contributed by atoms with Gasteiger partial charge in [-0.1, -0.05) is 19.8 Å². The van der Waals surface area contributed by atoms with Gasteiger partial charge in [0.25, 0.3) is 0 Å². The van der Waals surface area contributed by atoms with E-state index >= 15 is 0 Å². The van der Waals surface area contributed by atoms with Crippen molar-refractivity contribution in [3.05, 3.63) is 59.2 Å². The van der Waals surface area contributed by atoms with Crippen LogP contribution in [-0.4, -0.2) is 12.6 Å². The lowest BCUT2D eigenvalue weighted by Crippen LogP contribution is -2.18. The standard InChI is InChI=1S/C22H21F2NO3/c1-14-2-4-15(5-3-14)13-27-17-8-6-16(7-9-17)22(26)28-18-10-20(23)19(12-25)21(24)11-18/h6-11,14-15H,2-5,13H2,1H3/t14-,15-. The minimum absolute atomic E-state index is 0.226. The summed E-state index contributed by atoms with van der Waals surface area (Å²) in [5, 5.41) is 8.66. The first-order chi connectivity index (χ1) is 13.5. The van der Waals surface area contributed by atoms with E-state index < -0.39 is 23.2 Å². The lowest BCUT2D eigenvalue weighted by atomic mass is 9.83. The van der Waals surface area contributed by atoms with Crippen molar-refractivity contribution in [1.29, 1.82) is 5.26 Å². The smallest absolute Gasteiger partial charge is 0.343 e. The van der Waals surface area contributed by atoms with Crippen LogP contribution in [0.25, 0.3) is 0 Å². The zero-order valence-corrected chi connectivity index (χ0v) is 15.6. The van der Waals surface area contributed by atoms with E-state index in [0.29, 0.717) is 18.3 Å². The average molecular weight is 385 g/mol. The van der Waals surface area contributed by atoms with Crippen LogP contribution in [0.4, 0.5) is 8.78 Å². The maximum absolute atomic E-state index is 13.6. The van der Waals surface area contributed by atoms with Gasteiger partial charge >= 0.3 is 5.97 Å². The molecule has 0 atom stereocenters. The predicted octanol–water partition coefficient (Wildman–Crippen LogP) is 5.26. The Balaban J connectivity index is 1.57. The summed E-state index contributed by atoms with van der Waals surface area (Å²) >= 11 is 0. The summed E-state index contributed by atoms with van der Waals surface area (Å²) in [4.78, 5) is 12.2. The van der Waals surface area contributed by atoms with E-state index in [-0.39, 0.29) is 11.3 Å². The molecule has 4 nitrogen and oxygen atoms in total. The maximum Gasteiger partial charge on any atom is 0.343 e. The number of rotatable bonds is 5. The predicted molar refractivity (Wildman–Crippen MR) is 99.1 cm³/mol. The Kier molecular flexibility index (Phi) is 6.25. The van der Waals surface area contributed by atoms with Gasteiger partial charge in [0.15, 0.2) is 0 Å². The first kappa shape index (κ1) is 19.8. The van der Waals surface area contributed by atoms with Crippen molar-refractivity contribution in [2.45, 2.75) is 32.6 Å². The van der Waals surface area contributed by atoms with Crippen molar-refractivity contribution < 1.29 is 23.0 Å². The molecule has 2 aromatic carbocycles. The second-order valence-electron chi connectivity index (χ2n) is 7.22. The largest absolute Gasteiger partial charge is 0.493 e. The van der Waals surface area contributed by atoms with Crippen molar-refractivity contribution in [2.75, 3.05) is 6.61 Å². The fourth-order valence-electron chi connectivity index (χ4n) is 3.28. The number of nitrogens with zero attached hydrogens (tertiary/aromatic N) is 1. The number of hydrogen-bond acceptors (Lipinski definition) is 4. The minimum atomic E-state index is -1.08. The van der Waals surface area contributed by atoms with Crippen molar-refractivity contribution in [3.8, 4) is 17.6 Å². The van der Waals surface area contributed by atoms with E-state index in [0.717, 1.165) is 18.1 Å². The number of halogens is 2. The van der Waals surface area contributed by atoms with Crippen LogP contribution < -0.4 is 9.47 Å². The Labute approximate surface area is 162 Å². The highest BCUT2D eigenvalue weighted by Crippen LogP contribution is 2.29. The van der Waals surface area contributed by atoms with E-state index in [9.17, 15) is 13.6 Å². The molecule has 2 aromatic rings. The molecular weight excluding hydrogens is 364 g/mol. The van der Waals surface area contributed by atoms with Crippen LogP contribution in [0, 0.1) is 34.8 Å². The first-order valence-electron chi connectivity index (χ1n) is 9.30. The summed E-state index contributed by atoms with van der Waals surface area (Å²) in [6.07, 6.45) is 4.80. The number of ether oxygens (including phenoxy) is 2. The van der Waals surface area contributed by atoms with Crippen LogP contribution >= 0.6 is 0 Å². The molecule has 0 aromatic heterocycles. The third-order valence-corrected chi connectivity index (χ3v) is 5.05. The lowest BCUT2D eigenvalue weighted by molar-refractivity contribution is 0.0734. The second-order valence-corrected chi connectivity index (χ2v) is 7.22. The number of carbonyl (C=O) groups excluding carboxylic acids is 1. The Hall–Kier alpha value is -2.94. The van der Waals surface area contributed by atoms with E-state index in [4.69, 9.17) is 14.7 Å². The highest BCUT2D eigenvalue weighted by atomic mass is 19.1. The zero-order valence-electron chi connectivity index (χ0n) is 15.6. The summed E-state index contributed by atoms with van der Waals surface area (Å²) in [5.41, 5.74) is -0.488. The highest BCUT2D eigenvalue weighted by molar-refractivity contribution is 5.91. The molecule has 0 unspecified atom stereocenters. The molecule has 0 heterocycles. The summed E-state index contributed by atoms with van der Waals surface area (Å²) in [6.45, 7) is 2.93. The molecule has 1 aliphatic carbocycles. The summed E-state index contributed by atoms with van der Waals surface area (Å²) < 4.78 is 38.0. The molecule has 6 heteroatoms. The van der Waals surface area contributed by atoms with E-state index in [2.05, 4.69) is 6.92 Å². The quantitative estimate of drug-likeness (QED) is 0.520. The van der Waals surface area contributed by atoms with Crippen molar-refractivity contribution in [1.82, 2.24) is 0 Å². The fraction of sp³-hybridized carbons (Fsp3) is 0.364. The zero-order chi connectivity index (χ0) is 20.1. The van der Waals surface area contributed by atoms with Crippen LogP contribution in [0.3, 0.4) is 0 Å². The van der Waals surface area contributed by atoms with Crippen molar-refractivity contribution in [3.63, 3.8) is 0 Å². The van der Waals surface area contributed by atoms with Gasteiger partial charge in [-0.15, -0.1) is 0 Å². The third kappa shape index (κ3) is 4.86. The maximum atomic E-state index is 13.6. The second kappa shape index (κ2) is 8.83. The molecule has 0 aliphatic heterocycles. The van der Waals surface area contributed by atoms with Gasteiger partial charge in [-0.25, -0.2) is 13.6 Å². The minimum Gasteiger partial charge on any atom is -0.493 e. The van der Waals surface area contributed by atoms with Gasteiger partial charge in [0.05, 0.1) is 12.2 Å². The Morgan fingerprint density at radius 2 is 1.68 bits per heavy atom. The molecular formula is C22H21F2NO3. The molecule has 0 saturated heterocycles. The van der Waals surface area contributed by atoms with E-state index in [1.54, 1.807) is 12.1 Å². The van der Waals surface area contributed by atoms with Gasteiger partial charge < -0.3 is 9.47 Å². The molecule has 3 rings (SSSR count). The molecule has 146 valence electrons. The van der Waals surface area contributed by atoms with Gasteiger partial charge in [-0.05, 0) is 48.9 Å². The molecule has 0 amide bonds. The Morgan fingerprint density at radius 3 is 2.25 bits per heavy atom. The number of esters is 1. The van der Waals surface area contributed by atoms with E-state index in [1.807, 2.05) is 0 Å². The SMILES string of the molecule is C[C@H]1CC[C@H](COc2ccc(C(=O)Oc3cc(F)c(C#N)c(F)c3)cc2)CC1. The Bertz CT molecular complexity index is 859. The summed E-state index contributed by atoms with van der Waals surface area (Å²) in [5.74, 6) is -1.20.